The standard InChI is InChI=1S/C11H15NO/c1-8-4-3-5-9-6-10(7-12-2)13-11(8)9/h3-5,10,12H,6-7H2,1-2H3. The fraction of sp³-hybridized carbons (Fsp3) is 0.455. The second-order valence-electron chi connectivity index (χ2n) is 3.56. The predicted molar refractivity (Wildman–Crippen MR) is 53.2 cm³/mol. The van der Waals surface area contributed by atoms with Crippen molar-refractivity contribution >= 4 is 0 Å². The highest BCUT2D eigenvalue weighted by atomic mass is 16.5. The molecule has 70 valence electrons. The third kappa shape index (κ3) is 1.54. The second-order valence-corrected chi connectivity index (χ2v) is 3.56. The van der Waals surface area contributed by atoms with E-state index in [2.05, 4.69) is 30.4 Å². The zero-order valence-electron chi connectivity index (χ0n) is 8.13. The first-order valence-electron chi connectivity index (χ1n) is 4.71. The minimum Gasteiger partial charge on any atom is -0.488 e. The first-order valence-corrected chi connectivity index (χ1v) is 4.71. The molecule has 0 fully saturated rings. The maximum atomic E-state index is 5.82. The van der Waals surface area contributed by atoms with Gasteiger partial charge in [0.2, 0.25) is 0 Å². The Morgan fingerprint density at radius 1 is 1.54 bits per heavy atom. The van der Waals surface area contributed by atoms with Crippen molar-refractivity contribution in [3.63, 3.8) is 0 Å². The Bertz CT molecular complexity index is 309. The molecule has 13 heavy (non-hydrogen) atoms. The van der Waals surface area contributed by atoms with E-state index in [-0.39, 0.29) is 0 Å². The number of para-hydroxylation sites is 1. The molecule has 0 bridgehead atoms. The number of aryl methyl sites for hydroxylation is 1. The molecule has 0 saturated carbocycles. The number of fused-ring (bicyclic) bond motifs is 1. The Morgan fingerprint density at radius 2 is 2.38 bits per heavy atom. The van der Waals surface area contributed by atoms with Crippen molar-refractivity contribution in [3.8, 4) is 5.75 Å². The van der Waals surface area contributed by atoms with Crippen LogP contribution >= 0.6 is 0 Å². The third-order valence-electron chi connectivity index (χ3n) is 2.46. The minimum absolute atomic E-state index is 0.320. The van der Waals surface area contributed by atoms with E-state index in [4.69, 9.17) is 4.74 Å². The summed E-state index contributed by atoms with van der Waals surface area (Å²) in [6.07, 6.45) is 1.36. The molecule has 0 amide bonds. The lowest BCUT2D eigenvalue weighted by Crippen LogP contribution is -2.27. The van der Waals surface area contributed by atoms with Crippen LogP contribution < -0.4 is 10.1 Å². The summed E-state index contributed by atoms with van der Waals surface area (Å²) >= 11 is 0. The van der Waals surface area contributed by atoms with Gasteiger partial charge in [0, 0.05) is 13.0 Å². The van der Waals surface area contributed by atoms with Gasteiger partial charge in [0.15, 0.2) is 0 Å². The highest BCUT2D eigenvalue weighted by molar-refractivity contribution is 5.43. The molecule has 0 spiro atoms. The molecule has 1 atom stereocenters. The molecule has 1 heterocycles. The third-order valence-corrected chi connectivity index (χ3v) is 2.46. The summed E-state index contributed by atoms with van der Waals surface area (Å²) in [5, 5.41) is 3.14. The lowest BCUT2D eigenvalue weighted by atomic mass is 10.1. The summed E-state index contributed by atoms with van der Waals surface area (Å²) in [4.78, 5) is 0. The summed E-state index contributed by atoms with van der Waals surface area (Å²) in [6.45, 7) is 3.02. The van der Waals surface area contributed by atoms with E-state index in [0.29, 0.717) is 6.10 Å². The number of benzene rings is 1. The Labute approximate surface area is 78.9 Å². The van der Waals surface area contributed by atoms with Gasteiger partial charge in [0.25, 0.3) is 0 Å². The first kappa shape index (κ1) is 8.57. The van der Waals surface area contributed by atoms with Gasteiger partial charge in [-0.2, -0.15) is 0 Å². The van der Waals surface area contributed by atoms with E-state index in [1.165, 1.54) is 11.1 Å². The summed E-state index contributed by atoms with van der Waals surface area (Å²) in [7, 11) is 1.96. The highest BCUT2D eigenvalue weighted by Crippen LogP contribution is 2.31. The number of hydrogen-bond acceptors (Lipinski definition) is 2. The van der Waals surface area contributed by atoms with Crippen molar-refractivity contribution < 1.29 is 4.74 Å². The van der Waals surface area contributed by atoms with Gasteiger partial charge in [-0.3, -0.25) is 0 Å². The van der Waals surface area contributed by atoms with E-state index >= 15 is 0 Å². The van der Waals surface area contributed by atoms with Crippen LogP contribution in [0.25, 0.3) is 0 Å². The molecular weight excluding hydrogens is 162 g/mol. The van der Waals surface area contributed by atoms with Crippen LogP contribution in [0.2, 0.25) is 0 Å². The summed E-state index contributed by atoms with van der Waals surface area (Å²) in [6, 6.07) is 6.35. The topological polar surface area (TPSA) is 21.3 Å². The van der Waals surface area contributed by atoms with Gasteiger partial charge in [0.05, 0.1) is 0 Å². The minimum atomic E-state index is 0.320. The van der Waals surface area contributed by atoms with Crippen LogP contribution in [0.5, 0.6) is 5.75 Å². The van der Waals surface area contributed by atoms with Crippen LogP contribution in [0.15, 0.2) is 18.2 Å². The van der Waals surface area contributed by atoms with Gasteiger partial charge >= 0.3 is 0 Å². The van der Waals surface area contributed by atoms with Crippen LogP contribution in [-0.4, -0.2) is 19.7 Å². The molecular formula is C11H15NO. The van der Waals surface area contributed by atoms with Gasteiger partial charge in [0.1, 0.15) is 11.9 Å². The number of rotatable bonds is 2. The molecule has 1 aromatic carbocycles. The molecule has 1 aliphatic heterocycles. The van der Waals surface area contributed by atoms with Gasteiger partial charge in [-0.05, 0) is 25.1 Å². The van der Waals surface area contributed by atoms with Crippen LogP contribution in [0.3, 0.4) is 0 Å². The first-order chi connectivity index (χ1) is 6.31. The largest absolute Gasteiger partial charge is 0.488 e. The Balaban J connectivity index is 2.20. The SMILES string of the molecule is CNCC1Cc2cccc(C)c2O1. The van der Waals surface area contributed by atoms with Crippen molar-refractivity contribution in [2.24, 2.45) is 0 Å². The molecule has 1 unspecified atom stereocenters. The molecule has 0 aliphatic carbocycles. The number of hydrogen-bond donors (Lipinski definition) is 1. The average Bonchev–Trinajstić information content (AvgIpc) is 2.49. The number of ether oxygens (including phenoxy) is 1. The van der Waals surface area contributed by atoms with Crippen molar-refractivity contribution in [1.82, 2.24) is 5.32 Å². The van der Waals surface area contributed by atoms with E-state index < -0.39 is 0 Å². The molecule has 1 aliphatic rings. The van der Waals surface area contributed by atoms with Gasteiger partial charge in [-0.15, -0.1) is 0 Å². The fourth-order valence-corrected chi connectivity index (χ4v) is 1.84. The molecule has 2 heteroatoms. The van der Waals surface area contributed by atoms with E-state index in [1.807, 2.05) is 7.05 Å². The molecule has 2 nitrogen and oxygen atoms in total. The Hall–Kier alpha value is -1.02. The number of likely N-dealkylation sites (N-methyl/N-ethyl adjacent to an activating group) is 1. The maximum Gasteiger partial charge on any atom is 0.126 e. The fourth-order valence-electron chi connectivity index (χ4n) is 1.84. The van der Waals surface area contributed by atoms with Crippen LogP contribution in [0.1, 0.15) is 11.1 Å². The monoisotopic (exact) mass is 177 g/mol. The quantitative estimate of drug-likeness (QED) is 0.739. The van der Waals surface area contributed by atoms with Crippen LogP contribution in [0.4, 0.5) is 0 Å². The summed E-state index contributed by atoms with van der Waals surface area (Å²) < 4.78 is 5.82. The van der Waals surface area contributed by atoms with Gasteiger partial charge in [-0.1, -0.05) is 18.2 Å². The Morgan fingerprint density at radius 3 is 3.08 bits per heavy atom. The van der Waals surface area contributed by atoms with Crippen molar-refractivity contribution in [2.45, 2.75) is 19.4 Å². The highest BCUT2D eigenvalue weighted by Gasteiger charge is 2.22. The smallest absolute Gasteiger partial charge is 0.126 e. The molecule has 0 radical (unpaired) electrons. The summed E-state index contributed by atoms with van der Waals surface area (Å²) in [5.41, 5.74) is 2.59. The van der Waals surface area contributed by atoms with Crippen molar-refractivity contribution in [2.75, 3.05) is 13.6 Å². The molecule has 0 aromatic heterocycles. The zero-order chi connectivity index (χ0) is 9.26. The van der Waals surface area contributed by atoms with E-state index in [9.17, 15) is 0 Å². The zero-order valence-corrected chi connectivity index (χ0v) is 8.13. The van der Waals surface area contributed by atoms with Crippen molar-refractivity contribution in [3.05, 3.63) is 29.3 Å². The molecule has 1 aromatic rings. The number of nitrogens with one attached hydrogen (secondary N) is 1. The van der Waals surface area contributed by atoms with E-state index in [0.717, 1.165) is 18.7 Å². The van der Waals surface area contributed by atoms with Crippen molar-refractivity contribution in [1.29, 1.82) is 0 Å². The van der Waals surface area contributed by atoms with E-state index in [1.54, 1.807) is 0 Å². The normalized spacial score (nSPS) is 19.7. The lowest BCUT2D eigenvalue weighted by Gasteiger charge is -2.09. The summed E-state index contributed by atoms with van der Waals surface area (Å²) in [5.74, 6) is 1.10. The second kappa shape index (κ2) is 3.38. The molecule has 2 rings (SSSR count). The predicted octanol–water partition coefficient (Wildman–Crippen LogP) is 1.52. The van der Waals surface area contributed by atoms with Gasteiger partial charge in [-0.25, -0.2) is 0 Å². The van der Waals surface area contributed by atoms with Gasteiger partial charge < -0.3 is 10.1 Å². The van der Waals surface area contributed by atoms with Crippen LogP contribution in [-0.2, 0) is 6.42 Å². The molecule has 0 saturated heterocycles. The van der Waals surface area contributed by atoms with Crippen LogP contribution in [0, 0.1) is 6.92 Å². The Kier molecular flexibility index (Phi) is 2.23. The molecule has 1 N–H and O–H groups in total. The lowest BCUT2D eigenvalue weighted by molar-refractivity contribution is 0.230. The average molecular weight is 177 g/mol. The maximum absolute atomic E-state index is 5.82.